The van der Waals surface area contributed by atoms with Crippen molar-refractivity contribution in [3.8, 4) is 0 Å². The molecule has 4 nitrogen and oxygen atoms in total. The van der Waals surface area contributed by atoms with E-state index in [9.17, 15) is 4.79 Å². The van der Waals surface area contributed by atoms with E-state index in [2.05, 4.69) is 19.2 Å². The van der Waals surface area contributed by atoms with Gasteiger partial charge < -0.3 is 15.8 Å². The Labute approximate surface area is 128 Å². The normalized spacial score (nSPS) is 13.0. The third-order valence-electron chi connectivity index (χ3n) is 2.94. The van der Waals surface area contributed by atoms with Crippen molar-refractivity contribution in [2.24, 2.45) is 5.92 Å². The number of nitrogen functional groups attached to an aromatic ring is 1. The second kappa shape index (κ2) is 7.34. The number of nitrogens with two attached hydrogens (primary N) is 1. The molecule has 0 fully saturated rings. The standard InChI is InChI=1S/C17H28N2O2/c1-12(2)10-15(19-16(20)21-17(3,4)5)11-13-6-8-14(18)9-7-13/h6-9,12,15H,10-11,18H2,1-5H3,(H,19,20)/t15-/m1/s1. The highest BCUT2D eigenvalue weighted by atomic mass is 16.6. The zero-order valence-corrected chi connectivity index (χ0v) is 13.8. The van der Waals surface area contributed by atoms with Gasteiger partial charge in [-0.2, -0.15) is 0 Å². The van der Waals surface area contributed by atoms with Crippen molar-refractivity contribution >= 4 is 11.8 Å². The van der Waals surface area contributed by atoms with Crippen LogP contribution in [0, 0.1) is 5.92 Å². The number of amides is 1. The van der Waals surface area contributed by atoms with Crippen molar-refractivity contribution in [2.75, 3.05) is 5.73 Å². The van der Waals surface area contributed by atoms with E-state index >= 15 is 0 Å². The van der Waals surface area contributed by atoms with E-state index in [0.717, 1.165) is 24.1 Å². The molecule has 1 amide bonds. The molecule has 0 heterocycles. The average molecular weight is 292 g/mol. The zero-order valence-electron chi connectivity index (χ0n) is 13.8. The molecule has 0 bridgehead atoms. The fraction of sp³-hybridized carbons (Fsp3) is 0.588. The first-order chi connectivity index (χ1) is 9.65. The molecule has 21 heavy (non-hydrogen) atoms. The number of alkyl carbamates (subject to hydrolysis) is 1. The fourth-order valence-electron chi connectivity index (χ4n) is 2.17. The van der Waals surface area contributed by atoms with Gasteiger partial charge in [-0.05, 0) is 57.2 Å². The van der Waals surface area contributed by atoms with Crippen molar-refractivity contribution in [3.63, 3.8) is 0 Å². The van der Waals surface area contributed by atoms with Crippen LogP contribution in [0.15, 0.2) is 24.3 Å². The number of hydrogen-bond donors (Lipinski definition) is 2. The van der Waals surface area contributed by atoms with E-state index in [-0.39, 0.29) is 12.1 Å². The van der Waals surface area contributed by atoms with Crippen LogP contribution in [0.4, 0.5) is 10.5 Å². The van der Waals surface area contributed by atoms with Crippen LogP contribution in [0.25, 0.3) is 0 Å². The zero-order chi connectivity index (χ0) is 16.0. The molecule has 1 atom stereocenters. The highest BCUT2D eigenvalue weighted by molar-refractivity contribution is 5.68. The summed E-state index contributed by atoms with van der Waals surface area (Å²) in [5, 5.41) is 2.98. The number of hydrogen-bond acceptors (Lipinski definition) is 3. The van der Waals surface area contributed by atoms with E-state index in [1.807, 2.05) is 45.0 Å². The van der Waals surface area contributed by atoms with Gasteiger partial charge in [-0.3, -0.25) is 0 Å². The fourth-order valence-corrected chi connectivity index (χ4v) is 2.17. The molecule has 0 spiro atoms. The lowest BCUT2D eigenvalue weighted by atomic mass is 9.97. The summed E-state index contributed by atoms with van der Waals surface area (Å²) in [5.41, 5.74) is 7.13. The van der Waals surface area contributed by atoms with Crippen molar-refractivity contribution in [3.05, 3.63) is 29.8 Å². The van der Waals surface area contributed by atoms with Crippen LogP contribution in [0.2, 0.25) is 0 Å². The molecule has 0 aliphatic carbocycles. The molecule has 1 aromatic carbocycles. The summed E-state index contributed by atoms with van der Waals surface area (Å²) in [6, 6.07) is 7.83. The highest BCUT2D eigenvalue weighted by Gasteiger charge is 2.20. The lowest BCUT2D eigenvalue weighted by molar-refractivity contribution is 0.0498. The summed E-state index contributed by atoms with van der Waals surface area (Å²) in [6.45, 7) is 9.89. The number of benzene rings is 1. The predicted molar refractivity (Wildman–Crippen MR) is 87.2 cm³/mol. The highest BCUT2D eigenvalue weighted by Crippen LogP contribution is 2.14. The first-order valence-corrected chi connectivity index (χ1v) is 7.49. The maximum atomic E-state index is 11.9. The summed E-state index contributed by atoms with van der Waals surface area (Å²) >= 11 is 0. The predicted octanol–water partition coefficient (Wildman–Crippen LogP) is 3.75. The minimum absolute atomic E-state index is 0.0588. The van der Waals surface area contributed by atoms with Gasteiger partial charge in [0.25, 0.3) is 0 Å². The van der Waals surface area contributed by atoms with Gasteiger partial charge in [0.1, 0.15) is 5.60 Å². The second-order valence-electron chi connectivity index (χ2n) is 6.92. The number of anilines is 1. The van der Waals surface area contributed by atoms with Crippen molar-refractivity contribution < 1.29 is 9.53 Å². The van der Waals surface area contributed by atoms with Gasteiger partial charge in [-0.1, -0.05) is 26.0 Å². The third-order valence-corrected chi connectivity index (χ3v) is 2.94. The molecule has 0 aliphatic heterocycles. The maximum Gasteiger partial charge on any atom is 0.407 e. The van der Waals surface area contributed by atoms with E-state index in [1.54, 1.807) is 0 Å². The molecule has 1 rings (SSSR count). The Hall–Kier alpha value is -1.71. The molecule has 0 saturated carbocycles. The van der Waals surface area contributed by atoms with Gasteiger partial charge in [0.15, 0.2) is 0 Å². The molecule has 0 saturated heterocycles. The summed E-state index contributed by atoms with van der Waals surface area (Å²) in [5.74, 6) is 0.499. The largest absolute Gasteiger partial charge is 0.444 e. The Morgan fingerprint density at radius 1 is 1.24 bits per heavy atom. The van der Waals surface area contributed by atoms with Crippen LogP contribution in [0.1, 0.15) is 46.6 Å². The Morgan fingerprint density at radius 2 is 1.81 bits per heavy atom. The summed E-state index contributed by atoms with van der Waals surface area (Å²) in [4.78, 5) is 11.9. The van der Waals surface area contributed by atoms with Gasteiger partial charge in [0.05, 0.1) is 0 Å². The number of ether oxygens (including phenoxy) is 1. The summed E-state index contributed by atoms with van der Waals surface area (Å²) in [6.07, 6.45) is 1.32. The summed E-state index contributed by atoms with van der Waals surface area (Å²) in [7, 11) is 0. The smallest absolute Gasteiger partial charge is 0.407 e. The molecule has 3 N–H and O–H groups in total. The lowest BCUT2D eigenvalue weighted by Crippen LogP contribution is -2.40. The van der Waals surface area contributed by atoms with Gasteiger partial charge in [-0.25, -0.2) is 4.79 Å². The lowest BCUT2D eigenvalue weighted by Gasteiger charge is -2.24. The van der Waals surface area contributed by atoms with Crippen LogP contribution in [0.5, 0.6) is 0 Å². The molecule has 0 radical (unpaired) electrons. The van der Waals surface area contributed by atoms with Crippen LogP contribution < -0.4 is 11.1 Å². The average Bonchev–Trinajstić information content (AvgIpc) is 2.28. The minimum atomic E-state index is -0.479. The Kier molecular flexibility index (Phi) is 6.06. The number of nitrogens with one attached hydrogen (secondary N) is 1. The topological polar surface area (TPSA) is 64.3 Å². The maximum absolute atomic E-state index is 11.9. The van der Waals surface area contributed by atoms with E-state index in [0.29, 0.717) is 5.92 Å². The van der Waals surface area contributed by atoms with Crippen molar-refractivity contribution in [1.82, 2.24) is 5.32 Å². The molecule has 4 heteroatoms. The van der Waals surface area contributed by atoms with Crippen molar-refractivity contribution in [2.45, 2.75) is 59.1 Å². The Balaban J connectivity index is 2.67. The van der Waals surface area contributed by atoms with Crippen LogP contribution in [-0.2, 0) is 11.2 Å². The summed E-state index contributed by atoms with van der Waals surface area (Å²) < 4.78 is 5.34. The van der Waals surface area contributed by atoms with Crippen molar-refractivity contribution in [1.29, 1.82) is 0 Å². The van der Waals surface area contributed by atoms with Gasteiger partial charge in [0.2, 0.25) is 0 Å². The van der Waals surface area contributed by atoms with Gasteiger partial charge in [0, 0.05) is 11.7 Å². The van der Waals surface area contributed by atoms with Gasteiger partial charge in [-0.15, -0.1) is 0 Å². The van der Waals surface area contributed by atoms with Crippen LogP contribution in [0.3, 0.4) is 0 Å². The molecule has 118 valence electrons. The Morgan fingerprint density at radius 3 is 2.29 bits per heavy atom. The monoisotopic (exact) mass is 292 g/mol. The Bertz CT molecular complexity index is 447. The molecule has 0 aromatic heterocycles. The molecular weight excluding hydrogens is 264 g/mol. The van der Waals surface area contributed by atoms with Gasteiger partial charge >= 0.3 is 6.09 Å². The SMILES string of the molecule is CC(C)C[C@H](Cc1ccc(N)cc1)NC(=O)OC(C)(C)C. The van der Waals surface area contributed by atoms with E-state index in [4.69, 9.17) is 10.5 Å². The molecule has 1 aromatic rings. The first-order valence-electron chi connectivity index (χ1n) is 7.49. The van der Waals surface area contributed by atoms with Crippen LogP contribution in [-0.4, -0.2) is 17.7 Å². The van der Waals surface area contributed by atoms with E-state index < -0.39 is 5.60 Å². The quantitative estimate of drug-likeness (QED) is 0.812. The number of rotatable bonds is 5. The first kappa shape index (κ1) is 17.3. The molecule has 0 aliphatic rings. The number of carbonyl (C=O) groups excluding carboxylic acids is 1. The second-order valence-corrected chi connectivity index (χ2v) is 6.92. The third kappa shape index (κ3) is 7.59. The molecular formula is C17H28N2O2. The van der Waals surface area contributed by atoms with E-state index in [1.165, 1.54) is 0 Å². The molecule has 0 unspecified atom stereocenters. The number of carbonyl (C=O) groups is 1. The van der Waals surface area contributed by atoms with Crippen LogP contribution >= 0.6 is 0 Å². The minimum Gasteiger partial charge on any atom is -0.444 e.